The molecule has 0 radical (unpaired) electrons. The summed E-state index contributed by atoms with van der Waals surface area (Å²) in [6, 6.07) is 0. The summed E-state index contributed by atoms with van der Waals surface area (Å²) in [5.74, 6) is 0. The van der Waals surface area contributed by atoms with Crippen molar-refractivity contribution in [2.75, 3.05) is 13.1 Å². The second kappa shape index (κ2) is 16.1. The zero-order valence-electron chi connectivity index (χ0n) is 10.0. The zero-order valence-corrected chi connectivity index (χ0v) is 11.6. The maximum atomic E-state index is 4.51. The Labute approximate surface area is 105 Å². The third-order valence-electron chi connectivity index (χ3n) is 2.34. The van der Waals surface area contributed by atoms with Gasteiger partial charge in [0.1, 0.15) is 0 Å². The number of hydrogen-bond donors (Lipinski definition) is 0. The van der Waals surface area contributed by atoms with Gasteiger partial charge in [-0.15, -0.1) is 13.1 Å². The molecule has 0 rings (SSSR count). The molecule has 0 amide bonds. The van der Waals surface area contributed by atoms with Gasteiger partial charge in [0, 0.05) is 21.7 Å². The van der Waals surface area contributed by atoms with Crippen LogP contribution < -0.4 is 0 Å². The van der Waals surface area contributed by atoms with Crippen LogP contribution in [-0.2, 0) is 21.7 Å². The molecule has 1 nitrogen and oxygen atoms in total. The summed E-state index contributed by atoms with van der Waals surface area (Å²) >= 11 is 0. The molecule has 0 aromatic rings. The van der Waals surface area contributed by atoms with Gasteiger partial charge in [-0.05, 0) is 0 Å². The summed E-state index contributed by atoms with van der Waals surface area (Å²) in [6.07, 6.45) is 10.8. The number of unbranched alkanes of at least 4 members (excludes halogenated alkanes) is 6. The van der Waals surface area contributed by atoms with Crippen molar-refractivity contribution in [1.82, 2.24) is 0 Å². The van der Waals surface area contributed by atoms with Gasteiger partial charge in [-0.25, -0.2) is 0 Å². The van der Waals surface area contributed by atoms with Gasteiger partial charge in [0.15, 0.2) is 0 Å². The molecule has 0 saturated heterocycles. The Kier molecular flexibility index (Phi) is 19.7. The van der Waals surface area contributed by atoms with Crippen LogP contribution in [0.25, 0.3) is 5.32 Å². The van der Waals surface area contributed by atoms with E-state index in [4.69, 9.17) is 0 Å². The number of rotatable bonds is 10. The zero-order chi connectivity index (χ0) is 9.78. The van der Waals surface area contributed by atoms with E-state index in [9.17, 15) is 0 Å². The predicted molar refractivity (Wildman–Crippen MR) is 61.4 cm³/mol. The van der Waals surface area contributed by atoms with Gasteiger partial charge in [-0.2, -0.15) is 0 Å². The Hall–Kier alpha value is 0.674. The molecule has 0 N–H and O–H groups in total. The van der Waals surface area contributed by atoms with Gasteiger partial charge < -0.3 is 5.32 Å². The Morgan fingerprint density at radius 3 is 1.43 bits per heavy atom. The molecule has 0 unspecified atom stereocenters. The van der Waals surface area contributed by atoms with E-state index in [1.807, 2.05) is 0 Å². The van der Waals surface area contributed by atoms with Gasteiger partial charge in [0.05, 0.1) is 0 Å². The van der Waals surface area contributed by atoms with E-state index < -0.39 is 0 Å². The van der Waals surface area contributed by atoms with Gasteiger partial charge >= 0.3 is 0 Å². The van der Waals surface area contributed by atoms with Crippen molar-refractivity contribution in [2.24, 2.45) is 0 Å². The average molecular weight is 232 g/mol. The average Bonchev–Trinajstić information content (AvgIpc) is 2.16. The van der Waals surface area contributed by atoms with Crippen LogP contribution in [0, 0.1) is 0 Å². The minimum absolute atomic E-state index is 0. The molecule has 0 aliphatic rings. The summed E-state index contributed by atoms with van der Waals surface area (Å²) in [5, 5.41) is 4.51. The van der Waals surface area contributed by atoms with E-state index in [0.29, 0.717) is 0 Å². The Morgan fingerprint density at radius 1 is 0.643 bits per heavy atom. The first-order valence-electron chi connectivity index (χ1n) is 6.05. The normalized spacial score (nSPS) is 9.86. The van der Waals surface area contributed by atoms with Gasteiger partial charge in [-0.3, -0.25) is 0 Å². The monoisotopic (exact) mass is 232 g/mol. The fraction of sp³-hybridized carbons (Fsp3) is 1.00. The van der Waals surface area contributed by atoms with E-state index in [1.165, 1.54) is 51.4 Å². The van der Waals surface area contributed by atoms with Crippen molar-refractivity contribution in [3.05, 3.63) is 5.32 Å². The molecule has 2 heteroatoms. The van der Waals surface area contributed by atoms with Crippen LogP contribution in [0.1, 0.15) is 65.2 Å². The van der Waals surface area contributed by atoms with E-state index in [0.717, 1.165) is 13.1 Å². The maximum Gasteiger partial charge on any atom is 0 e. The minimum atomic E-state index is 0. The van der Waals surface area contributed by atoms with Crippen molar-refractivity contribution >= 4 is 0 Å². The summed E-state index contributed by atoms with van der Waals surface area (Å²) in [7, 11) is 0. The molecule has 0 aromatic heterocycles. The topological polar surface area (TPSA) is 14.1 Å². The molecule has 0 aromatic carbocycles. The molecule has 14 heavy (non-hydrogen) atoms. The summed E-state index contributed by atoms with van der Waals surface area (Å²) in [4.78, 5) is 0. The first-order chi connectivity index (χ1) is 6.41. The molecule has 0 fully saturated rings. The molecule has 84 valence electrons. The van der Waals surface area contributed by atoms with E-state index in [1.54, 1.807) is 0 Å². The number of nitrogens with zero attached hydrogens (tertiary/aromatic N) is 1. The quantitative estimate of drug-likeness (QED) is 0.388. The van der Waals surface area contributed by atoms with Crippen molar-refractivity contribution < 1.29 is 21.7 Å². The molecule has 0 bridgehead atoms. The second-order valence-corrected chi connectivity index (χ2v) is 3.79. The van der Waals surface area contributed by atoms with Crippen LogP contribution in [0.15, 0.2) is 0 Å². The maximum absolute atomic E-state index is 4.51. The van der Waals surface area contributed by atoms with Crippen LogP contribution >= 0.6 is 0 Å². The van der Waals surface area contributed by atoms with E-state index in [-0.39, 0.29) is 21.7 Å². The molecular formula is C12H26NTi-. The third kappa shape index (κ3) is 15.2. The van der Waals surface area contributed by atoms with Gasteiger partial charge in [0.2, 0.25) is 0 Å². The third-order valence-corrected chi connectivity index (χ3v) is 2.34. The van der Waals surface area contributed by atoms with Crippen LogP contribution in [0.5, 0.6) is 0 Å². The molecule has 0 saturated carbocycles. The van der Waals surface area contributed by atoms with Crippen molar-refractivity contribution in [1.29, 1.82) is 0 Å². The van der Waals surface area contributed by atoms with Gasteiger partial charge in [0.25, 0.3) is 0 Å². The SMILES string of the molecule is CCCCCC[N-]CCCCCC.[Ti]. The van der Waals surface area contributed by atoms with Crippen molar-refractivity contribution in [3.63, 3.8) is 0 Å². The van der Waals surface area contributed by atoms with Gasteiger partial charge in [-0.1, -0.05) is 65.2 Å². The largest absolute Gasteiger partial charge is 0.662 e. The predicted octanol–water partition coefficient (Wildman–Crippen LogP) is 4.52. The Balaban J connectivity index is 0. The molecule has 0 atom stereocenters. The van der Waals surface area contributed by atoms with E-state index >= 15 is 0 Å². The van der Waals surface area contributed by atoms with Crippen LogP contribution in [0.4, 0.5) is 0 Å². The van der Waals surface area contributed by atoms with Crippen LogP contribution in [0.3, 0.4) is 0 Å². The minimum Gasteiger partial charge on any atom is -0.662 e. The molecule has 0 spiro atoms. The van der Waals surface area contributed by atoms with Crippen molar-refractivity contribution in [3.8, 4) is 0 Å². The summed E-state index contributed by atoms with van der Waals surface area (Å²) in [5.41, 5.74) is 0. The standard InChI is InChI=1S/C12H26N.Ti/c1-3-5-7-9-11-13-12-10-8-6-4-2;/h3-12H2,1-2H3;/q-1;. The Bertz CT molecular complexity index is 76.4. The van der Waals surface area contributed by atoms with Crippen LogP contribution in [0.2, 0.25) is 0 Å². The first kappa shape index (κ1) is 17.1. The molecule has 0 aliphatic heterocycles. The Morgan fingerprint density at radius 2 is 1.07 bits per heavy atom. The fourth-order valence-electron chi connectivity index (χ4n) is 1.41. The smallest absolute Gasteiger partial charge is 0 e. The molecular weight excluding hydrogens is 206 g/mol. The van der Waals surface area contributed by atoms with Crippen LogP contribution in [-0.4, -0.2) is 13.1 Å². The second-order valence-electron chi connectivity index (χ2n) is 3.79. The van der Waals surface area contributed by atoms with Crippen molar-refractivity contribution in [2.45, 2.75) is 65.2 Å². The molecule has 0 aliphatic carbocycles. The fourth-order valence-corrected chi connectivity index (χ4v) is 1.41. The van der Waals surface area contributed by atoms with E-state index in [2.05, 4.69) is 19.2 Å². The molecule has 0 heterocycles. The first-order valence-corrected chi connectivity index (χ1v) is 6.05. The summed E-state index contributed by atoms with van der Waals surface area (Å²) in [6.45, 7) is 6.71. The summed E-state index contributed by atoms with van der Waals surface area (Å²) < 4.78 is 0. The number of hydrogen-bond acceptors (Lipinski definition) is 0.